The highest BCUT2D eigenvalue weighted by molar-refractivity contribution is 5.86. The fourth-order valence-electron chi connectivity index (χ4n) is 7.14. The molecule has 13 heteroatoms. The Morgan fingerprint density at radius 1 is 1.19 bits per heavy atom. The van der Waals surface area contributed by atoms with Gasteiger partial charge in [-0.1, -0.05) is 32.1 Å². The van der Waals surface area contributed by atoms with Gasteiger partial charge in [-0.3, -0.25) is 4.79 Å². The Labute approximate surface area is 280 Å². The molecule has 4 aliphatic rings. The lowest BCUT2D eigenvalue weighted by molar-refractivity contribution is -0.277. The van der Waals surface area contributed by atoms with E-state index in [9.17, 15) is 24.9 Å². The topological polar surface area (TPSA) is 168 Å². The Morgan fingerprint density at radius 3 is 2.58 bits per heavy atom. The Hall–Kier alpha value is -3.17. The molecule has 0 unspecified atom stereocenters. The minimum atomic E-state index is -1.48. The molecule has 0 radical (unpaired) electrons. The van der Waals surface area contributed by atoms with Gasteiger partial charge in [0.2, 0.25) is 5.79 Å². The van der Waals surface area contributed by atoms with Gasteiger partial charge in [0.25, 0.3) is 0 Å². The zero-order valence-electron chi connectivity index (χ0n) is 28.5. The number of methoxy groups -OCH3 is 1. The summed E-state index contributed by atoms with van der Waals surface area (Å²) in [5.41, 5.74) is -1.33. The Bertz CT molecular complexity index is 1460. The normalized spacial score (nSPS) is 40.5. The van der Waals surface area contributed by atoms with Crippen LogP contribution >= 0.6 is 0 Å². The summed E-state index contributed by atoms with van der Waals surface area (Å²) in [6, 6.07) is 0. The van der Waals surface area contributed by atoms with Crippen molar-refractivity contribution in [1.29, 1.82) is 0 Å². The number of imidazole rings is 1. The SMILES string of the molecule is CO[C@]12C=C[C@](C)(O1)[C@@H](OC(=O)/C=C/c1cn(C)cn1)C[C@@H]1[C@H](/C=C\2CO[C@@H]2OC[C@@H](O)[C@@H](O)[C@@H]2OC(C)=O)[C@@H](C(C)C)C=C[C@@]1(C)O. The monoisotopic (exact) mass is 672 g/mol. The molecule has 4 heterocycles. The number of carbonyl (C=O) groups excluding carboxylic acids is 2. The third-order valence-electron chi connectivity index (χ3n) is 9.85. The molecule has 1 aromatic rings. The first-order chi connectivity index (χ1) is 22.6. The van der Waals surface area contributed by atoms with Gasteiger partial charge in [-0.15, -0.1) is 0 Å². The Balaban J connectivity index is 1.52. The summed E-state index contributed by atoms with van der Waals surface area (Å²) in [7, 11) is 3.32. The second-order valence-electron chi connectivity index (χ2n) is 13.9. The molecule has 0 amide bonds. The lowest BCUT2D eigenvalue weighted by atomic mass is 9.63. The average Bonchev–Trinajstić information content (AvgIpc) is 3.61. The number of ether oxygens (including phenoxy) is 6. The molecule has 48 heavy (non-hydrogen) atoms. The molecule has 0 saturated carbocycles. The number of esters is 2. The van der Waals surface area contributed by atoms with Crippen molar-refractivity contribution in [3.05, 3.63) is 60.2 Å². The molecule has 11 atom stereocenters. The number of rotatable bonds is 9. The van der Waals surface area contributed by atoms with E-state index in [0.29, 0.717) is 11.3 Å². The maximum Gasteiger partial charge on any atom is 0.331 e. The van der Waals surface area contributed by atoms with Gasteiger partial charge in [0.15, 0.2) is 12.4 Å². The molecule has 264 valence electrons. The van der Waals surface area contributed by atoms with Gasteiger partial charge in [-0.2, -0.15) is 0 Å². The summed E-state index contributed by atoms with van der Waals surface area (Å²) in [6.07, 6.45) is 9.87. The van der Waals surface area contributed by atoms with Gasteiger partial charge in [0, 0.05) is 44.8 Å². The smallest absolute Gasteiger partial charge is 0.331 e. The second-order valence-corrected chi connectivity index (χ2v) is 13.9. The molecule has 1 aromatic heterocycles. The number of hydrogen-bond donors (Lipinski definition) is 3. The molecule has 5 rings (SSSR count). The van der Waals surface area contributed by atoms with E-state index in [1.54, 1.807) is 49.2 Å². The van der Waals surface area contributed by atoms with Crippen LogP contribution in [0.2, 0.25) is 0 Å². The molecule has 0 spiro atoms. The number of fused-ring (bicyclic) bond motifs is 3. The minimum Gasteiger partial charge on any atom is -0.456 e. The number of hydrogen-bond acceptors (Lipinski definition) is 12. The van der Waals surface area contributed by atoms with Crippen molar-refractivity contribution in [3.8, 4) is 0 Å². The van der Waals surface area contributed by atoms with E-state index >= 15 is 0 Å². The molecule has 3 N–H and O–H groups in total. The number of nitrogens with zero attached hydrogens (tertiary/aromatic N) is 2. The number of aromatic nitrogens is 2. The van der Waals surface area contributed by atoms with Crippen LogP contribution in [-0.4, -0.2) is 105 Å². The lowest BCUT2D eigenvalue weighted by Gasteiger charge is -2.45. The Morgan fingerprint density at radius 2 is 1.94 bits per heavy atom. The van der Waals surface area contributed by atoms with Crippen LogP contribution in [0.1, 0.15) is 46.7 Å². The maximum atomic E-state index is 13.3. The van der Waals surface area contributed by atoms with Crippen LogP contribution in [0.25, 0.3) is 6.08 Å². The first kappa shape index (κ1) is 36.1. The van der Waals surface area contributed by atoms with Crippen molar-refractivity contribution < 1.29 is 53.3 Å². The van der Waals surface area contributed by atoms with E-state index in [4.69, 9.17) is 28.4 Å². The molecular formula is C35H48N2O11. The van der Waals surface area contributed by atoms with Crippen molar-refractivity contribution in [1.82, 2.24) is 9.55 Å². The molecular weight excluding hydrogens is 624 g/mol. The predicted molar refractivity (Wildman–Crippen MR) is 172 cm³/mol. The van der Waals surface area contributed by atoms with E-state index in [-0.39, 0.29) is 37.4 Å². The third kappa shape index (κ3) is 7.37. The van der Waals surface area contributed by atoms with E-state index in [2.05, 4.69) is 18.8 Å². The van der Waals surface area contributed by atoms with Gasteiger partial charge in [0.1, 0.15) is 23.9 Å². The van der Waals surface area contributed by atoms with Crippen LogP contribution in [0.4, 0.5) is 0 Å². The fraction of sp³-hybridized carbons (Fsp3) is 0.629. The molecule has 1 fully saturated rings. The molecule has 1 saturated heterocycles. The maximum absolute atomic E-state index is 13.3. The summed E-state index contributed by atoms with van der Waals surface area (Å²) >= 11 is 0. The molecule has 13 nitrogen and oxygen atoms in total. The van der Waals surface area contributed by atoms with E-state index in [0.717, 1.165) is 0 Å². The van der Waals surface area contributed by atoms with Gasteiger partial charge < -0.3 is 48.3 Å². The van der Waals surface area contributed by atoms with Crippen molar-refractivity contribution in [2.24, 2.45) is 30.7 Å². The summed E-state index contributed by atoms with van der Waals surface area (Å²) < 4.78 is 37.8. The predicted octanol–water partition coefficient (Wildman–Crippen LogP) is 2.21. The number of carbonyl (C=O) groups is 2. The van der Waals surface area contributed by atoms with Crippen LogP contribution in [-0.2, 0) is 45.1 Å². The van der Waals surface area contributed by atoms with Crippen molar-refractivity contribution >= 4 is 18.0 Å². The summed E-state index contributed by atoms with van der Waals surface area (Å²) in [4.78, 5) is 29.4. The van der Waals surface area contributed by atoms with E-state index in [1.807, 2.05) is 25.3 Å². The average molecular weight is 673 g/mol. The zero-order chi connectivity index (χ0) is 35.0. The number of allylic oxidation sites excluding steroid dienone is 2. The zero-order valence-corrected chi connectivity index (χ0v) is 28.5. The largest absolute Gasteiger partial charge is 0.456 e. The number of aliphatic hydroxyl groups excluding tert-OH is 2. The highest BCUT2D eigenvalue weighted by atomic mass is 16.7. The van der Waals surface area contributed by atoms with E-state index in [1.165, 1.54) is 20.1 Å². The molecule has 3 aliphatic heterocycles. The van der Waals surface area contributed by atoms with E-state index < -0.39 is 65.6 Å². The second kappa shape index (κ2) is 14.0. The van der Waals surface area contributed by atoms with Crippen LogP contribution in [0.3, 0.4) is 0 Å². The molecule has 0 aromatic carbocycles. The highest BCUT2D eigenvalue weighted by Gasteiger charge is 2.55. The van der Waals surface area contributed by atoms with Crippen LogP contribution in [0, 0.1) is 23.7 Å². The van der Waals surface area contributed by atoms with Crippen molar-refractivity contribution in [2.75, 3.05) is 20.3 Å². The lowest BCUT2D eigenvalue weighted by Crippen LogP contribution is -2.55. The fourth-order valence-corrected chi connectivity index (χ4v) is 7.14. The Kier molecular flexibility index (Phi) is 10.5. The standard InChI is InChI=1S/C35H48N2O11/c1-20(2)24-10-11-33(4,42)26-15-28(47-29(40)9-8-23-16-37(6)19-36-23)34(5)12-13-35(43-7,48-34)22(14-25(24)26)17-44-32-31(46-21(3)38)30(41)27(39)18-45-32/h8-14,16,19-20,24-28,30-32,39,41-42H,15,17-18H2,1-7H3/b9-8+,22-14-/t24-,25-,26-,27-,28+,30-,31+,32-,33-,34+,35-/m1/s1. The van der Waals surface area contributed by atoms with Gasteiger partial charge in [-0.05, 0) is 56.3 Å². The van der Waals surface area contributed by atoms with Gasteiger partial charge >= 0.3 is 11.9 Å². The van der Waals surface area contributed by atoms with Crippen LogP contribution < -0.4 is 0 Å². The molecule has 1 aliphatic carbocycles. The minimum absolute atomic E-state index is 0.0235. The highest BCUT2D eigenvalue weighted by Crippen LogP contribution is 2.50. The summed E-state index contributed by atoms with van der Waals surface area (Å²) in [5.74, 6) is -3.32. The van der Waals surface area contributed by atoms with Crippen molar-refractivity contribution in [2.45, 2.75) is 88.7 Å². The van der Waals surface area contributed by atoms with Crippen LogP contribution in [0.5, 0.6) is 0 Å². The third-order valence-corrected chi connectivity index (χ3v) is 9.85. The quantitative estimate of drug-likeness (QED) is 0.199. The van der Waals surface area contributed by atoms with Gasteiger partial charge in [-0.25, -0.2) is 9.78 Å². The first-order valence-corrected chi connectivity index (χ1v) is 16.3. The number of aliphatic hydroxyl groups is 3. The van der Waals surface area contributed by atoms with Gasteiger partial charge in [0.05, 0.1) is 30.8 Å². The number of aryl methyl sites for hydroxylation is 1. The summed E-state index contributed by atoms with van der Waals surface area (Å²) in [5, 5.41) is 32.6. The molecule has 2 bridgehead atoms. The van der Waals surface area contributed by atoms with Crippen LogP contribution in [0.15, 0.2) is 54.6 Å². The summed E-state index contributed by atoms with van der Waals surface area (Å²) in [6.45, 7) is 8.55. The first-order valence-electron chi connectivity index (χ1n) is 16.3. The van der Waals surface area contributed by atoms with Crippen molar-refractivity contribution in [3.63, 3.8) is 0 Å².